The van der Waals surface area contributed by atoms with Crippen LogP contribution in [0.3, 0.4) is 0 Å². The third kappa shape index (κ3) is 3.13. The van der Waals surface area contributed by atoms with Crippen molar-refractivity contribution in [1.82, 2.24) is 4.90 Å². The molecule has 0 spiro atoms. The van der Waals surface area contributed by atoms with Crippen molar-refractivity contribution in [2.45, 2.75) is 38.3 Å². The lowest BCUT2D eigenvalue weighted by atomic mass is 9.84. The van der Waals surface area contributed by atoms with Crippen LogP contribution in [0.25, 0.3) is 0 Å². The Morgan fingerprint density at radius 2 is 2.10 bits per heavy atom. The Balaban J connectivity index is 1.75. The average molecular weight is 352 g/mol. The SMILES string of the molecule is CC(N)c1ccc(N2CCC3C(CCCN3C)C2)cc1Br. The molecule has 2 heterocycles. The normalized spacial score (nSPS) is 28.3. The molecule has 2 fully saturated rings. The largest absolute Gasteiger partial charge is 0.371 e. The van der Waals surface area contributed by atoms with Crippen molar-refractivity contribution >= 4 is 21.6 Å². The molecule has 0 aliphatic carbocycles. The molecular formula is C17H26BrN3. The molecule has 3 unspecified atom stereocenters. The van der Waals surface area contributed by atoms with Crippen molar-refractivity contribution in [2.24, 2.45) is 11.7 Å². The van der Waals surface area contributed by atoms with E-state index in [2.05, 4.69) is 51.0 Å². The summed E-state index contributed by atoms with van der Waals surface area (Å²) in [6, 6.07) is 7.51. The molecule has 21 heavy (non-hydrogen) atoms. The Morgan fingerprint density at radius 3 is 2.81 bits per heavy atom. The van der Waals surface area contributed by atoms with Crippen molar-refractivity contribution in [2.75, 3.05) is 31.6 Å². The zero-order chi connectivity index (χ0) is 15.0. The molecule has 0 amide bonds. The number of piperidine rings is 2. The summed E-state index contributed by atoms with van der Waals surface area (Å²) in [5.41, 5.74) is 8.51. The van der Waals surface area contributed by atoms with Crippen LogP contribution >= 0.6 is 15.9 Å². The summed E-state index contributed by atoms with van der Waals surface area (Å²) < 4.78 is 1.14. The highest BCUT2D eigenvalue weighted by Gasteiger charge is 2.34. The first kappa shape index (κ1) is 15.3. The molecule has 2 saturated heterocycles. The zero-order valence-corrected chi connectivity index (χ0v) is 14.6. The van der Waals surface area contributed by atoms with E-state index in [9.17, 15) is 0 Å². The van der Waals surface area contributed by atoms with Crippen molar-refractivity contribution in [1.29, 1.82) is 0 Å². The highest BCUT2D eigenvalue weighted by Crippen LogP contribution is 2.34. The van der Waals surface area contributed by atoms with Crippen molar-refractivity contribution in [3.05, 3.63) is 28.2 Å². The second-order valence-electron chi connectivity index (χ2n) is 6.68. The van der Waals surface area contributed by atoms with Crippen LogP contribution in [-0.4, -0.2) is 37.6 Å². The number of halogens is 1. The number of hydrogen-bond acceptors (Lipinski definition) is 3. The molecule has 2 N–H and O–H groups in total. The Kier molecular flexibility index (Phi) is 4.57. The molecule has 4 heteroatoms. The number of anilines is 1. The highest BCUT2D eigenvalue weighted by atomic mass is 79.9. The van der Waals surface area contributed by atoms with Crippen LogP contribution in [-0.2, 0) is 0 Å². The number of hydrogen-bond donors (Lipinski definition) is 1. The Labute approximate surface area is 136 Å². The number of fused-ring (bicyclic) bond motifs is 1. The van der Waals surface area contributed by atoms with Gasteiger partial charge in [0.1, 0.15) is 0 Å². The highest BCUT2D eigenvalue weighted by molar-refractivity contribution is 9.10. The Bertz CT molecular complexity index is 503. The van der Waals surface area contributed by atoms with E-state index in [0.717, 1.165) is 23.0 Å². The fourth-order valence-electron chi connectivity index (χ4n) is 3.97. The van der Waals surface area contributed by atoms with Crippen LogP contribution < -0.4 is 10.6 Å². The number of nitrogens with two attached hydrogens (primary N) is 1. The molecule has 2 aliphatic heterocycles. The second-order valence-corrected chi connectivity index (χ2v) is 7.53. The zero-order valence-electron chi connectivity index (χ0n) is 13.1. The maximum atomic E-state index is 6.00. The molecule has 0 saturated carbocycles. The van der Waals surface area contributed by atoms with Crippen LogP contribution in [0.4, 0.5) is 5.69 Å². The van der Waals surface area contributed by atoms with Crippen LogP contribution in [0.1, 0.15) is 37.8 Å². The van der Waals surface area contributed by atoms with Gasteiger partial charge >= 0.3 is 0 Å². The molecular weight excluding hydrogens is 326 g/mol. The first-order valence-corrected chi connectivity index (χ1v) is 8.86. The van der Waals surface area contributed by atoms with Gasteiger partial charge in [0.2, 0.25) is 0 Å². The molecule has 0 aromatic heterocycles. The molecule has 116 valence electrons. The van der Waals surface area contributed by atoms with E-state index in [1.54, 1.807) is 0 Å². The summed E-state index contributed by atoms with van der Waals surface area (Å²) in [6.07, 6.45) is 4.01. The van der Waals surface area contributed by atoms with Crippen LogP contribution in [0.5, 0.6) is 0 Å². The third-order valence-corrected chi connectivity index (χ3v) is 5.87. The minimum Gasteiger partial charge on any atom is -0.371 e. The Morgan fingerprint density at radius 1 is 1.29 bits per heavy atom. The fourth-order valence-corrected chi connectivity index (χ4v) is 4.70. The summed E-state index contributed by atoms with van der Waals surface area (Å²) in [7, 11) is 2.29. The van der Waals surface area contributed by atoms with E-state index in [0.29, 0.717) is 0 Å². The van der Waals surface area contributed by atoms with Crippen molar-refractivity contribution in [3.8, 4) is 0 Å². The van der Waals surface area contributed by atoms with Crippen LogP contribution in [0.2, 0.25) is 0 Å². The van der Waals surface area contributed by atoms with E-state index in [4.69, 9.17) is 5.73 Å². The lowest BCUT2D eigenvalue weighted by molar-refractivity contribution is 0.102. The maximum Gasteiger partial charge on any atom is 0.0377 e. The predicted octanol–water partition coefficient (Wildman–Crippen LogP) is 3.39. The first-order chi connectivity index (χ1) is 10.1. The van der Waals surface area contributed by atoms with Crippen molar-refractivity contribution < 1.29 is 0 Å². The van der Waals surface area contributed by atoms with Gasteiger partial charge in [-0.3, -0.25) is 0 Å². The van der Waals surface area contributed by atoms with Gasteiger partial charge in [0.05, 0.1) is 0 Å². The van der Waals surface area contributed by atoms with Gasteiger partial charge in [0.15, 0.2) is 0 Å². The van der Waals surface area contributed by atoms with E-state index in [-0.39, 0.29) is 6.04 Å². The monoisotopic (exact) mass is 351 g/mol. The molecule has 3 rings (SSSR count). The minimum atomic E-state index is 0.0751. The van der Waals surface area contributed by atoms with Gasteiger partial charge in [-0.25, -0.2) is 0 Å². The van der Waals surface area contributed by atoms with E-state index in [1.807, 2.05) is 6.92 Å². The van der Waals surface area contributed by atoms with Gasteiger partial charge in [0, 0.05) is 35.3 Å². The summed E-state index contributed by atoms with van der Waals surface area (Å²) in [5.74, 6) is 0.824. The van der Waals surface area contributed by atoms with Gasteiger partial charge < -0.3 is 15.5 Å². The molecule has 3 nitrogen and oxygen atoms in total. The van der Waals surface area contributed by atoms with Gasteiger partial charge in [0.25, 0.3) is 0 Å². The first-order valence-electron chi connectivity index (χ1n) is 8.06. The number of benzene rings is 1. The average Bonchev–Trinajstić information content (AvgIpc) is 2.46. The number of nitrogens with zero attached hydrogens (tertiary/aromatic N) is 2. The smallest absolute Gasteiger partial charge is 0.0377 e. The number of likely N-dealkylation sites (tertiary alicyclic amines) is 1. The lowest BCUT2D eigenvalue weighted by Gasteiger charge is -2.46. The maximum absolute atomic E-state index is 6.00. The fraction of sp³-hybridized carbons (Fsp3) is 0.647. The minimum absolute atomic E-state index is 0.0751. The van der Waals surface area contributed by atoms with E-state index in [1.165, 1.54) is 43.6 Å². The summed E-state index contributed by atoms with van der Waals surface area (Å²) in [4.78, 5) is 5.12. The summed E-state index contributed by atoms with van der Waals surface area (Å²) in [5, 5.41) is 0. The lowest BCUT2D eigenvalue weighted by Crippen LogP contribution is -2.52. The van der Waals surface area contributed by atoms with E-state index < -0.39 is 0 Å². The van der Waals surface area contributed by atoms with Gasteiger partial charge in [-0.2, -0.15) is 0 Å². The molecule has 1 aromatic carbocycles. The van der Waals surface area contributed by atoms with Crippen molar-refractivity contribution in [3.63, 3.8) is 0 Å². The second kappa shape index (κ2) is 6.27. The third-order valence-electron chi connectivity index (χ3n) is 5.19. The van der Waals surface area contributed by atoms with Gasteiger partial charge in [-0.1, -0.05) is 22.0 Å². The molecule has 3 atom stereocenters. The number of rotatable bonds is 2. The standard InChI is InChI=1S/C17H26BrN3/c1-12(19)15-6-5-14(10-16(15)18)21-9-7-17-13(11-21)4-3-8-20(17)2/h5-6,10,12-13,17H,3-4,7-9,11,19H2,1-2H3. The van der Waals surface area contributed by atoms with Crippen LogP contribution in [0.15, 0.2) is 22.7 Å². The summed E-state index contributed by atoms with van der Waals surface area (Å²) >= 11 is 3.68. The Hall–Kier alpha value is -0.580. The predicted molar refractivity (Wildman–Crippen MR) is 92.7 cm³/mol. The molecule has 0 radical (unpaired) electrons. The molecule has 1 aromatic rings. The quantitative estimate of drug-likeness (QED) is 0.886. The van der Waals surface area contributed by atoms with Crippen LogP contribution in [0, 0.1) is 5.92 Å². The topological polar surface area (TPSA) is 32.5 Å². The summed E-state index contributed by atoms with van der Waals surface area (Å²) in [6.45, 7) is 5.66. The van der Waals surface area contributed by atoms with Gasteiger partial charge in [-0.05, 0) is 63.4 Å². The van der Waals surface area contributed by atoms with E-state index >= 15 is 0 Å². The molecule has 2 aliphatic rings. The van der Waals surface area contributed by atoms with Gasteiger partial charge in [-0.15, -0.1) is 0 Å². The molecule has 0 bridgehead atoms.